The fourth-order valence-electron chi connectivity index (χ4n) is 3.04. The van der Waals surface area contributed by atoms with Gasteiger partial charge in [0, 0.05) is 13.1 Å². The van der Waals surface area contributed by atoms with Crippen LogP contribution in [0.15, 0.2) is 28.8 Å². The van der Waals surface area contributed by atoms with E-state index >= 15 is 0 Å². The van der Waals surface area contributed by atoms with Crippen molar-refractivity contribution in [3.8, 4) is 11.5 Å². The van der Waals surface area contributed by atoms with Crippen LogP contribution in [0.2, 0.25) is 0 Å². The smallest absolute Gasteiger partial charge is 0.276 e. The average molecular weight is 344 g/mol. The van der Waals surface area contributed by atoms with E-state index in [1.54, 1.807) is 14.0 Å². The van der Waals surface area contributed by atoms with Crippen LogP contribution in [0.1, 0.15) is 47.5 Å². The number of aryl methyl sites for hydroxylation is 1. The van der Waals surface area contributed by atoms with Gasteiger partial charge in [0.05, 0.1) is 12.7 Å². The number of nitrogens with zero attached hydrogens (tertiary/aromatic N) is 2. The topological polar surface area (TPSA) is 64.8 Å². The Morgan fingerprint density at radius 3 is 2.52 bits per heavy atom. The molecule has 2 aromatic rings. The van der Waals surface area contributed by atoms with E-state index < -0.39 is 0 Å². The van der Waals surface area contributed by atoms with E-state index in [1.807, 2.05) is 29.2 Å². The van der Waals surface area contributed by atoms with Crippen LogP contribution in [0.3, 0.4) is 0 Å². The number of methoxy groups -OCH3 is 1. The van der Waals surface area contributed by atoms with E-state index in [9.17, 15) is 4.79 Å². The molecule has 0 N–H and O–H groups in total. The first-order valence-corrected chi connectivity index (χ1v) is 8.71. The second-order valence-corrected chi connectivity index (χ2v) is 6.21. The summed E-state index contributed by atoms with van der Waals surface area (Å²) >= 11 is 0. The van der Waals surface area contributed by atoms with Crippen LogP contribution < -0.4 is 9.47 Å². The van der Waals surface area contributed by atoms with Gasteiger partial charge in [0.15, 0.2) is 17.2 Å². The second kappa shape index (κ2) is 8.05. The monoisotopic (exact) mass is 344 g/mol. The lowest BCUT2D eigenvalue weighted by Gasteiger charge is -2.19. The maximum absolute atomic E-state index is 12.8. The number of amides is 1. The number of benzene rings is 1. The minimum atomic E-state index is -0.0719. The predicted octanol–water partition coefficient (Wildman–Crippen LogP) is 3.59. The van der Waals surface area contributed by atoms with Gasteiger partial charge in [-0.3, -0.25) is 4.79 Å². The van der Waals surface area contributed by atoms with E-state index in [2.05, 4.69) is 5.16 Å². The number of ether oxygens (including phenoxy) is 2. The third-order valence-corrected chi connectivity index (χ3v) is 4.52. The summed E-state index contributed by atoms with van der Waals surface area (Å²) in [7, 11) is 1.60. The highest BCUT2D eigenvalue weighted by Crippen LogP contribution is 2.28. The Kier molecular flexibility index (Phi) is 5.58. The third-order valence-electron chi connectivity index (χ3n) is 4.52. The van der Waals surface area contributed by atoms with Crippen LogP contribution in [-0.2, 0) is 6.61 Å². The van der Waals surface area contributed by atoms with Crippen molar-refractivity contribution >= 4 is 5.91 Å². The third kappa shape index (κ3) is 3.95. The molecule has 0 aliphatic carbocycles. The Morgan fingerprint density at radius 2 is 1.84 bits per heavy atom. The van der Waals surface area contributed by atoms with Crippen LogP contribution in [0.4, 0.5) is 0 Å². The zero-order valence-electron chi connectivity index (χ0n) is 14.8. The van der Waals surface area contributed by atoms with Crippen molar-refractivity contribution < 1.29 is 18.8 Å². The molecule has 1 amide bonds. The number of likely N-dealkylation sites (tertiary alicyclic amines) is 1. The first kappa shape index (κ1) is 17.3. The number of carbonyl (C=O) groups is 1. The van der Waals surface area contributed by atoms with Crippen molar-refractivity contribution in [3.63, 3.8) is 0 Å². The van der Waals surface area contributed by atoms with Gasteiger partial charge in [-0.2, -0.15) is 0 Å². The molecule has 3 rings (SSSR count). The second-order valence-electron chi connectivity index (χ2n) is 6.21. The van der Waals surface area contributed by atoms with Gasteiger partial charge in [0.25, 0.3) is 5.91 Å². The Labute approximate surface area is 147 Å². The summed E-state index contributed by atoms with van der Waals surface area (Å²) < 4.78 is 16.4. The predicted molar refractivity (Wildman–Crippen MR) is 92.9 cm³/mol. The highest BCUT2D eigenvalue weighted by Gasteiger charge is 2.25. The van der Waals surface area contributed by atoms with Crippen molar-refractivity contribution in [2.24, 2.45) is 0 Å². The quantitative estimate of drug-likeness (QED) is 0.829. The summed E-state index contributed by atoms with van der Waals surface area (Å²) in [5.74, 6) is 1.81. The van der Waals surface area contributed by atoms with Gasteiger partial charge in [0.2, 0.25) is 0 Å². The molecule has 6 heteroatoms. The molecule has 0 unspecified atom stereocenters. The molecule has 1 aliphatic heterocycles. The molecule has 1 aromatic heterocycles. The van der Waals surface area contributed by atoms with Crippen LogP contribution in [0.25, 0.3) is 0 Å². The minimum Gasteiger partial charge on any atom is -0.493 e. The summed E-state index contributed by atoms with van der Waals surface area (Å²) in [6, 6.07) is 7.42. The summed E-state index contributed by atoms with van der Waals surface area (Å²) in [6.45, 7) is 3.56. The minimum absolute atomic E-state index is 0.0719. The number of aromatic nitrogens is 1. The number of hydrogen-bond acceptors (Lipinski definition) is 5. The fraction of sp³-hybridized carbons (Fsp3) is 0.474. The highest BCUT2D eigenvalue weighted by atomic mass is 16.5. The van der Waals surface area contributed by atoms with Crippen LogP contribution in [-0.4, -0.2) is 36.2 Å². The Balaban J connectivity index is 1.76. The molecule has 0 bridgehead atoms. The van der Waals surface area contributed by atoms with Crippen molar-refractivity contribution in [1.82, 2.24) is 10.1 Å². The number of para-hydroxylation sites is 2. The molecule has 1 fully saturated rings. The summed E-state index contributed by atoms with van der Waals surface area (Å²) in [5.41, 5.74) is 1.05. The maximum Gasteiger partial charge on any atom is 0.276 e. The van der Waals surface area contributed by atoms with Gasteiger partial charge in [-0.25, -0.2) is 0 Å². The van der Waals surface area contributed by atoms with E-state index in [0.717, 1.165) is 25.9 Å². The Morgan fingerprint density at radius 1 is 1.16 bits per heavy atom. The maximum atomic E-state index is 12.8. The van der Waals surface area contributed by atoms with Gasteiger partial charge in [0.1, 0.15) is 12.4 Å². The fourth-order valence-corrected chi connectivity index (χ4v) is 3.04. The average Bonchev–Trinajstić information content (AvgIpc) is 2.84. The molecule has 25 heavy (non-hydrogen) atoms. The summed E-state index contributed by atoms with van der Waals surface area (Å²) in [6.07, 6.45) is 4.42. The molecule has 2 heterocycles. The van der Waals surface area contributed by atoms with E-state index in [0.29, 0.717) is 28.5 Å². The standard InChI is InChI=1S/C19H24N2O4/c1-14-15(13-24-17-10-6-5-9-16(17)23-2)18(20-25-14)19(22)21-11-7-3-4-8-12-21/h5-6,9-10H,3-4,7-8,11-13H2,1-2H3. The molecular formula is C19H24N2O4. The lowest BCUT2D eigenvalue weighted by Crippen LogP contribution is -2.32. The molecule has 0 saturated carbocycles. The molecule has 6 nitrogen and oxygen atoms in total. The summed E-state index contributed by atoms with van der Waals surface area (Å²) in [4.78, 5) is 14.7. The number of carbonyl (C=O) groups excluding carboxylic acids is 1. The molecule has 0 spiro atoms. The normalized spacial score (nSPS) is 14.9. The number of rotatable bonds is 5. The van der Waals surface area contributed by atoms with Crippen molar-refractivity contribution in [3.05, 3.63) is 41.3 Å². The van der Waals surface area contributed by atoms with E-state index in [-0.39, 0.29) is 12.5 Å². The first-order chi connectivity index (χ1) is 12.2. The van der Waals surface area contributed by atoms with Gasteiger partial charge in [-0.15, -0.1) is 0 Å². The zero-order valence-corrected chi connectivity index (χ0v) is 14.8. The van der Waals surface area contributed by atoms with Gasteiger partial charge < -0.3 is 18.9 Å². The van der Waals surface area contributed by atoms with Gasteiger partial charge in [-0.05, 0) is 31.9 Å². The first-order valence-electron chi connectivity index (χ1n) is 8.71. The van der Waals surface area contributed by atoms with Gasteiger partial charge >= 0.3 is 0 Å². The molecule has 1 saturated heterocycles. The zero-order chi connectivity index (χ0) is 17.6. The van der Waals surface area contributed by atoms with E-state index in [1.165, 1.54) is 12.8 Å². The SMILES string of the molecule is COc1ccccc1OCc1c(C(=O)N2CCCCCC2)noc1C. The molecule has 0 radical (unpaired) electrons. The van der Waals surface area contributed by atoms with Crippen molar-refractivity contribution in [2.75, 3.05) is 20.2 Å². The molecule has 1 aliphatic rings. The molecular weight excluding hydrogens is 320 g/mol. The Hall–Kier alpha value is -2.50. The van der Waals surface area contributed by atoms with Crippen LogP contribution in [0, 0.1) is 6.92 Å². The van der Waals surface area contributed by atoms with Gasteiger partial charge in [-0.1, -0.05) is 30.1 Å². The Bertz CT molecular complexity index is 718. The van der Waals surface area contributed by atoms with E-state index in [4.69, 9.17) is 14.0 Å². The lowest BCUT2D eigenvalue weighted by molar-refractivity contribution is 0.0748. The summed E-state index contributed by atoms with van der Waals surface area (Å²) in [5, 5.41) is 4.00. The largest absolute Gasteiger partial charge is 0.493 e. The van der Waals surface area contributed by atoms with Crippen LogP contribution in [0.5, 0.6) is 11.5 Å². The molecule has 134 valence electrons. The highest BCUT2D eigenvalue weighted by molar-refractivity contribution is 5.93. The molecule has 1 aromatic carbocycles. The van der Waals surface area contributed by atoms with Crippen molar-refractivity contribution in [1.29, 1.82) is 0 Å². The lowest BCUT2D eigenvalue weighted by atomic mass is 10.2. The number of hydrogen-bond donors (Lipinski definition) is 0. The van der Waals surface area contributed by atoms with Crippen LogP contribution >= 0.6 is 0 Å². The van der Waals surface area contributed by atoms with Crippen molar-refractivity contribution in [2.45, 2.75) is 39.2 Å². The molecule has 0 atom stereocenters.